The van der Waals surface area contributed by atoms with Gasteiger partial charge in [0.05, 0.1) is 18.7 Å². The molecule has 1 N–H and O–H groups in total. The Kier molecular flexibility index (Phi) is 5.05. The number of Topliss-reactive ketones (excluding diaryl/α,β-unsaturated/α-hetero) is 1. The number of amides is 1. The molecule has 3 aromatic rings. The highest BCUT2D eigenvalue weighted by molar-refractivity contribution is 6.51. The number of aryl methyl sites for hydroxylation is 1. The Morgan fingerprint density at radius 2 is 1.90 bits per heavy atom. The van der Waals surface area contributed by atoms with Crippen molar-refractivity contribution < 1.29 is 24.0 Å². The van der Waals surface area contributed by atoms with Crippen molar-refractivity contribution in [3.63, 3.8) is 0 Å². The van der Waals surface area contributed by atoms with E-state index in [1.54, 1.807) is 61.5 Å². The van der Waals surface area contributed by atoms with Gasteiger partial charge in [-0.05, 0) is 36.8 Å². The molecule has 1 fully saturated rings. The summed E-state index contributed by atoms with van der Waals surface area (Å²) >= 11 is 6.01. The first-order valence-electron chi connectivity index (χ1n) is 9.05. The highest BCUT2D eigenvalue weighted by Crippen LogP contribution is 2.42. The maximum atomic E-state index is 13.0. The molecule has 30 heavy (non-hydrogen) atoms. The summed E-state index contributed by atoms with van der Waals surface area (Å²) in [6.07, 6.45) is 0. The molecule has 1 aliphatic heterocycles. The number of ketones is 1. The van der Waals surface area contributed by atoms with E-state index in [2.05, 4.69) is 5.16 Å². The van der Waals surface area contributed by atoms with Crippen LogP contribution in [0.1, 0.15) is 22.9 Å². The van der Waals surface area contributed by atoms with Crippen LogP contribution < -0.4 is 9.64 Å². The van der Waals surface area contributed by atoms with E-state index < -0.39 is 17.7 Å². The second-order valence-electron chi connectivity index (χ2n) is 6.75. The summed E-state index contributed by atoms with van der Waals surface area (Å²) in [6, 6.07) is 13.9. The van der Waals surface area contributed by atoms with Crippen LogP contribution in [0, 0.1) is 6.92 Å². The van der Waals surface area contributed by atoms with Crippen LogP contribution in [0.3, 0.4) is 0 Å². The van der Waals surface area contributed by atoms with Crippen LogP contribution >= 0.6 is 11.6 Å². The fraction of sp³-hybridized carbons (Fsp3) is 0.136. The van der Waals surface area contributed by atoms with E-state index in [9.17, 15) is 14.7 Å². The maximum Gasteiger partial charge on any atom is 0.301 e. The molecule has 1 aliphatic rings. The van der Waals surface area contributed by atoms with Gasteiger partial charge >= 0.3 is 5.91 Å². The number of aromatic nitrogens is 1. The van der Waals surface area contributed by atoms with Crippen molar-refractivity contribution in [3.05, 3.63) is 82.1 Å². The highest BCUT2D eigenvalue weighted by Gasteiger charge is 2.48. The van der Waals surface area contributed by atoms with Gasteiger partial charge in [-0.25, -0.2) is 0 Å². The summed E-state index contributed by atoms with van der Waals surface area (Å²) in [5, 5.41) is 15.4. The van der Waals surface area contributed by atoms with Crippen LogP contribution in [0.5, 0.6) is 5.75 Å². The van der Waals surface area contributed by atoms with E-state index in [1.807, 2.05) is 0 Å². The fourth-order valence-electron chi connectivity index (χ4n) is 3.42. The van der Waals surface area contributed by atoms with Crippen LogP contribution in [0.2, 0.25) is 5.02 Å². The summed E-state index contributed by atoms with van der Waals surface area (Å²) in [4.78, 5) is 27.1. The first-order chi connectivity index (χ1) is 14.4. The quantitative estimate of drug-likeness (QED) is 0.382. The number of halogens is 1. The second kappa shape index (κ2) is 7.68. The van der Waals surface area contributed by atoms with Crippen molar-refractivity contribution in [2.24, 2.45) is 0 Å². The number of hydrogen-bond acceptors (Lipinski definition) is 6. The Morgan fingerprint density at radius 3 is 2.53 bits per heavy atom. The molecule has 0 saturated carbocycles. The number of ether oxygens (including phenoxy) is 1. The zero-order chi connectivity index (χ0) is 21.4. The molecule has 1 aromatic heterocycles. The molecule has 4 rings (SSSR count). The molecule has 0 radical (unpaired) electrons. The SMILES string of the molecule is COc1cccc(/C(O)=C2\C(=O)C(=O)N(c3cc(C)on3)[C@@H]2c2ccc(Cl)cc2)c1. The number of carbonyl (C=O) groups excluding carboxylic acids is 2. The third-order valence-corrected chi connectivity index (χ3v) is 5.09. The summed E-state index contributed by atoms with van der Waals surface area (Å²) in [5.41, 5.74) is 0.877. The van der Waals surface area contributed by atoms with E-state index in [4.69, 9.17) is 20.9 Å². The van der Waals surface area contributed by atoms with Gasteiger partial charge in [-0.1, -0.05) is 41.0 Å². The number of anilines is 1. The Bertz CT molecular complexity index is 1170. The van der Waals surface area contributed by atoms with E-state index in [0.717, 1.165) is 0 Å². The van der Waals surface area contributed by atoms with Gasteiger partial charge in [0.15, 0.2) is 5.82 Å². The van der Waals surface area contributed by atoms with Crippen LogP contribution in [-0.2, 0) is 9.59 Å². The Hall–Kier alpha value is -3.58. The number of aliphatic hydroxyl groups excluding tert-OH is 1. The van der Waals surface area contributed by atoms with Gasteiger partial charge < -0.3 is 14.4 Å². The van der Waals surface area contributed by atoms with Crippen molar-refractivity contribution in [2.45, 2.75) is 13.0 Å². The van der Waals surface area contributed by atoms with Crippen molar-refractivity contribution in [1.29, 1.82) is 0 Å². The van der Waals surface area contributed by atoms with Crippen LogP contribution in [0.25, 0.3) is 5.76 Å². The molecule has 2 heterocycles. The van der Waals surface area contributed by atoms with Crippen molar-refractivity contribution in [1.82, 2.24) is 5.16 Å². The predicted octanol–water partition coefficient (Wildman–Crippen LogP) is 4.27. The lowest BCUT2D eigenvalue weighted by molar-refractivity contribution is -0.132. The lowest BCUT2D eigenvalue weighted by Gasteiger charge is -2.22. The van der Waals surface area contributed by atoms with Crippen molar-refractivity contribution in [2.75, 3.05) is 12.0 Å². The van der Waals surface area contributed by atoms with Crippen molar-refractivity contribution in [3.8, 4) is 5.75 Å². The summed E-state index contributed by atoms with van der Waals surface area (Å²) in [6.45, 7) is 1.68. The molecule has 152 valence electrons. The van der Waals surface area contributed by atoms with E-state index in [0.29, 0.717) is 27.7 Å². The van der Waals surface area contributed by atoms with Crippen LogP contribution in [-0.4, -0.2) is 29.1 Å². The Morgan fingerprint density at radius 1 is 1.17 bits per heavy atom. The van der Waals surface area contributed by atoms with Gasteiger partial charge in [0, 0.05) is 16.7 Å². The Balaban J connectivity index is 1.94. The predicted molar refractivity (Wildman–Crippen MR) is 110 cm³/mol. The van der Waals surface area contributed by atoms with Gasteiger partial charge in [0.2, 0.25) is 0 Å². The molecule has 0 spiro atoms. The lowest BCUT2D eigenvalue weighted by Crippen LogP contribution is -2.29. The third-order valence-electron chi connectivity index (χ3n) is 4.84. The molecule has 1 atom stereocenters. The number of aliphatic hydroxyl groups is 1. The minimum Gasteiger partial charge on any atom is -0.507 e. The molecular weight excluding hydrogens is 408 g/mol. The smallest absolute Gasteiger partial charge is 0.301 e. The normalized spacial score (nSPS) is 18.1. The number of nitrogens with zero attached hydrogens (tertiary/aromatic N) is 2. The number of methoxy groups -OCH3 is 1. The molecule has 0 unspecified atom stereocenters. The summed E-state index contributed by atoms with van der Waals surface area (Å²) in [5.74, 6) is -0.782. The first-order valence-corrected chi connectivity index (χ1v) is 9.42. The van der Waals surface area contributed by atoms with Gasteiger partial charge in [-0.15, -0.1) is 0 Å². The number of carbonyl (C=O) groups is 2. The zero-order valence-corrected chi connectivity index (χ0v) is 16.9. The van der Waals surface area contributed by atoms with E-state index in [1.165, 1.54) is 12.0 Å². The highest BCUT2D eigenvalue weighted by atomic mass is 35.5. The molecule has 2 aromatic carbocycles. The van der Waals surface area contributed by atoms with Crippen molar-refractivity contribution >= 4 is 34.9 Å². The third kappa shape index (κ3) is 3.33. The van der Waals surface area contributed by atoms with Gasteiger partial charge in [0.1, 0.15) is 17.3 Å². The van der Waals surface area contributed by atoms with Crippen LogP contribution in [0.15, 0.2) is 64.7 Å². The largest absolute Gasteiger partial charge is 0.507 e. The van der Waals surface area contributed by atoms with Crippen LogP contribution in [0.4, 0.5) is 5.82 Å². The van der Waals surface area contributed by atoms with Gasteiger partial charge in [0.25, 0.3) is 5.78 Å². The summed E-state index contributed by atoms with van der Waals surface area (Å²) in [7, 11) is 1.50. The monoisotopic (exact) mass is 424 g/mol. The first kappa shape index (κ1) is 19.7. The molecule has 0 bridgehead atoms. The minimum atomic E-state index is -0.905. The fourth-order valence-corrected chi connectivity index (χ4v) is 3.55. The Labute approximate surface area is 177 Å². The molecule has 8 heteroatoms. The number of hydrogen-bond donors (Lipinski definition) is 1. The van der Waals surface area contributed by atoms with Gasteiger partial charge in [-0.2, -0.15) is 0 Å². The molecule has 0 aliphatic carbocycles. The lowest BCUT2D eigenvalue weighted by atomic mass is 9.95. The molecular formula is C22H17ClN2O5. The topological polar surface area (TPSA) is 92.9 Å². The standard InChI is InChI=1S/C22H17ClN2O5/c1-12-10-17(24-30-12)25-19(13-6-8-15(23)9-7-13)18(21(27)22(25)28)20(26)14-4-3-5-16(11-14)29-2/h3-11,19,26H,1-2H3/b20-18+/t19-/m1/s1. The molecule has 7 nitrogen and oxygen atoms in total. The molecule has 1 saturated heterocycles. The average Bonchev–Trinajstić information content (AvgIpc) is 3.29. The van der Waals surface area contributed by atoms with Gasteiger partial charge in [-0.3, -0.25) is 14.5 Å². The average molecular weight is 425 g/mol. The second-order valence-corrected chi connectivity index (χ2v) is 7.18. The number of benzene rings is 2. The zero-order valence-electron chi connectivity index (χ0n) is 16.1. The van der Waals surface area contributed by atoms with E-state index in [-0.39, 0.29) is 17.2 Å². The minimum absolute atomic E-state index is 0.0590. The van der Waals surface area contributed by atoms with E-state index >= 15 is 0 Å². The summed E-state index contributed by atoms with van der Waals surface area (Å²) < 4.78 is 10.3. The molecule has 1 amide bonds. The number of rotatable bonds is 4. The maximum absolute atomic E-state index is 13.0.